The molecule has 0 aliphatic heterocycles. The van der Waals surface area contributed by atoms with E-state index in [9.17, 15) is 4.79 Å². The van der Waals surface area contributed by atoms with Gasteiger partial charge in [-0.15, -0.1) is 0 Å². The van der Waals surface area contributed by atoms with Gasteiger partial charge < -0.3 is 0 Å². The quantitative estimate of drug-likeness (QED) is 0.472. The van der Waals surface area contributed by atoms with Crippen molar-refractivity contribution in [2.24, 2.45) is 0 Å². The van der Waals surface area contributed by atoms with E-state index >= 15 is 0 Å². The summed E-state index contributed by atoms with van der Waals surface area (Å²) < 4.78 is 0. The Labute approximate surface area is 161 Å². The van der Waals surface area contributed by atoms with Crippen LogP contribution in [0.2, 0.25) is 0 Å². The second-order valence-corrected chi connectivity index (χ2v) is 7.17. The van der Waals surface area contributed by atoms with Crippen molar-refractivity contribution in [1.82, 2.24) is 15.2 Å². The lowest BCUT2D eigenvalue weighted by Gasteiger charge is -2.06. The largest absolute Gasteiger partial charge is 0.294 e. The first kappa shape index (κ1) is 17.2. The summed E-state index contributed by atoms with van der Waals surface area (Å²) in [5.41, 5.74) is 3.46. The molecule has 132 valence electrons. The van der Waals surface area contributed by atoms with E-state index < -0.39 is 0 Å². The minimum atomic E-state index is 0.0719. The molecule has 1 N–H and O–H groups in total. The summed E-state index contributed by atoms with van der Waals surface area (Å²) in [5, 5.41) is 8.53. The average molecular weight is 371 g/mol. The molecule has 0 radical (unpaired) electrons. The number of aromatic nitrogens is 3. The molecule has 2 aromatic heterocycles. The standard InChI is InChI=1S/C22H17N3OS/c1-15(26)18-7-2-3-8-22(18)27-17-10-11-19-20(24-25-21(19)14-17)12-9-16-6-4-5-13-23-16/h2-14H,1H3,(H,24,25)/b12-9+. The van der Waals surface area contributed by atoms with Gasteiger partial charge in [-0.05, 0) is 55.5 Å². The van der Waals surface area contributed by atoms with Crippen molar-refractivity contribution in [1.29, 1.82) is 0 Å². The number of pyridine rings is 1. The van der Waals surface area contributed by atoms with Crippen LogP contribution in [0.15, 0.2) is 76.7 Å². The average Bonchev–Trinajstić information content (AvgIpc) is 3.10. The number of fused-ring (bicyclic) bond motifs is 1. The molecule has 0 saturated carbocycles. The highest BCUT2D eigenvalue weighted by Crippen LogP contribution is 2.33. The van der Waals surface area contributed by atoms with Crippen LogP contribution in [0.3, 0.4) is 0 Å². The van der Waals surface area contributed by atoms with Crippen LogP contribution in [0.1, 0.15) is 28.7 Å². The maximum atomic E-state index is 11.8. The van der Waals surface area contributed by atoms with E-state index in [1.165, 1.54) is 0 Å². The molecule has 0 bridgehead atoms. The van der Waals surface area contributed by atoms with Gasteiger partial charge in [-0.1, -0.05) is 36.0 Å². The number of carbonyl (C=O) groups is 1. The minimum Gasteiger partial charge on any atom is -0.294 e. The van der Waals surface area contributed by atoms with E-state index in [-0.39, 0.29) is 5.78 Å². The Hall–Kier alpha value is -3.18. The SMILES string of the molecule is CC(=O)c1ccccc1Sc1ccc2c(/C=C/c3ccccn3)n[nH]c2c1. The monoisotopic (exact) mass is 371 g/mol. The Morgan fingerprint density at radius 2 is 1.89 bits per heavy atom. The highest BCUT2D eigenvalue weighted by molar-refractivity contribution is 7.99. The zero-order valence-electron chi connectivity index (χ0n) is 14.7. The number of nitrogens with one attached hydrogen (secondary N) is 1. The Balaban J connectivity index is 1.61. The number of carbonyl (C=O) groups excluding carboxylic acids is 1. The van der Waals surface area contributed by atoms with Crippen molar-refractivity contribution in [2.45, 2.75) is 16.7 Å². The first-order valence-electron chi connectivity index (χ1n) is 8.56. The molecule has 0 fully saturated rings. The van der Waals surface area contributed by atoms with E-state index in [1.54, 1.807) is 24.9 Å². The van der Waals surface area contributed by atoms with Crippen LogP contribution in [0.4, 0.5) is 0 Å². The van der Waals surface area contributed by atoms with Gasteiger partial charge >= 0.3 is 0 Å². The molecule has 0 amide bonds. The molecule has 5 heteroatoms. The van der Waals surface area contributed by atoms with Gasteiger partial charge in [-0.3, -0.25) is 14.9 Å². The molecule has 4 aromatic rings. The van der Waals surface area contributed by atoms with Crippen molar-refractivity contribution in [3.8, 4) is 0 Å². The molecule has 0 aliphatic rings. The lowest BCUT2D eigenvalue weighted by Crippen LogP contribution is -1.94. The zero-order chi connectivity index (χ0) is 18.6. The summed E-state index contributed by atoms with van der Waals surface area (Å²) in [7, 11) is 0. The van der Waals surface area contributed by atoms with Crippen LogP contribution in [0.5, 0.6) is 0 Å². The summed E-state index contributed by atoms with van der Waals surface area (Å²) in [4.78, 5) is 18.1. The maximum absolute atomic E-state index is 11.8. The lowest BCUT2D eigenvalue weighted by atomic mass is 10.1. The van der Waals surface area contributed by atoms with Crippen molar-refractivity contribution in [3.05, 3.63) is 83.8 Å². The van der Waals surface area contributed by atoms with Crippen LogP contribution in [-0.2, 0) is 0 Å². The first-order chi connectivity index (χ1) is 13.2. The number of benzene rings is 2. The Morgan fingerprint density at radius 1 is 1.04 bits per heavy atom. The van der Waals surface area contributed by atoms with Crippen molar-refractivity contribution >= 4 is 40.6 Å². The second kappa shape index (κ2) is 7.60. The molecule has 4 rings (SSSR count). The van der Waals surface area contributed by atoms with Gasteiger partial charge in [-0.2, -0.15) is 5.10 Å². The molecule has 0 aliphatic carbocycles. The number of hydrogen-bond donors (Lipinski definition) is 1. The normalized spacial score (nSPS) is 11.3. The van der Waals surface area contributed by atoms with Gasteiger partial charge in [0, 0.05) is 26.9 Å². The van der Waals surface area contributed by atoms with E-state index in [1.807, 2.05) is 54.6 Å². The van der Waals surface area contributed by atoms with Gasteiger partial charge in [0.15, 0.2) is 5.78 Å². The van der Waals surface area contributed by atoms with E-state index in [0.717, 1.165) is 37.6 Å². The van der Waals surface area contributed by atoms with Crippen LogP contribution >= 0.6 is 11.8 Å². The molecule has 0 saturated heterocycles. The van der Waals surface area contributed by atoms with Gasteiger partial charge in [0.1, 0.15) is 0 Å². The molecular weight excluding hydrogens is 354 g/mol. The molecule has 2 heterocycles. The highest BCUT2D eigenvalue weighted by atomic mass is 32.2. The van der Waals surface area contributed by atoms with E-state index in [0.29, 0.717) is 0 Å². The second-order valence-electron chi connectivity index (χ2n) is 6.06. The fourth-order valence-corrected chi connectivity index (χ4v) is 3.86. The van der Waals surface area contributed by atoms with Crippen LogP contribution in [0, 0.1) is 0 Å². The van der Waals surface area contributed by atoms with Gasteiger partial charge in [-0.25, -0.2) is 0 Å². The third kappa shape index (κ3) is 3.83. The smallest absolute Gasteiger partial charge is 0.160 e. The number of ketones is 1. The lowest BCUT2D eigenvalue weighted by molar-refractivity contribution is 0.101. The van der Waals surface area contributed by atoms with Crippen LogP contribution in [0.25, 0.3) is 23.1 Å². The molecule has 0 atom stereocenters. The summed E-state index contributed by atoms with van der Waals surface area (Å²) in [6.07, 6.45) is 5.67. The van der Waals surface area contributed by atoms with E-state index in [4.69, 9.17) is 0 Å². The van der Waals surface area contributed by atoms with Crippen molar-refractivity contribution in [3.63, 3.8) is 0 Å². The Morgan fingerprint density at radius 3 is 2.70 bits per heavy atom. The van der Waals surface area contributed by atoms with Gasteiger partial charge in [0.2, 0.25) is 0 Å². The molecule has 0 spiro atoms. The van der Waals surface area contributed by atoms with E-state index in [2.05, 4.69) is 33.4 Å². The molecule has 27 heavy (non-hydrogen) atoms. The number of Topliss-reactive ketones (excluding diaryl/α,β-unsaturated/α-hetero) is 1. The molecule has 4 nitrogen and oxygen atoms in total. The summed E-state index contributed by atoms with van der Waals surface area (Å²) in [6.45, 7) is 1.59. The summed E-state index contributed by atoms with van der Waals surface area (Å²) in [5.74, 6) is 0.0719. The molecule has 0 unspecified atom stereocenters. The predicted molar refractivity (Wildman–Crippen MR) is 110 cm³/mol. The fraction of sp³-hybridized carbons (Fsp3) is 0.0455. The molecule has 2 aromatic carbocycles. The third-order valence-electron chi connectivity index (χ3n) is 4.16. The third-order valence-corrected chi connectivity index (χ3v) is 5.22. The fourth-order valence-electron chi connectivity index (χ4n) is 2.82. The Bertz CT molecular complexity index is 1130. The zero-order valence-corrected chi connectivity index (χ0v) is 15.5. The predicted octanol–water partition coefficient (Wildman–Crippen LogP) is 5.48. The first-order valence-corrected chi connectivity index (χ1v) is 9.37. The summed E-state index contributed by atoms with van der Waals surface area (Å²) in [6, 6.07) is 19.6. The summed E-state index contributed by atoms with van der Waals surface area (Å²) >= 11 is 1.58. The van der Waals surface area contributed by atoms with Crippen LogP contribution < -0.4 is 0 Å². The molecular formula is C22H17N3OS. The number of aromatic amines is 1. The minimum absolute atomic E-state index is 0.0719. The number of hydrogen-bond acceptors (Lipinski definition) is 4. The topological polar surface area (TPSA) is 58.6 Å². The number of H-pyrrole nitrogens is 1. The number of nitrogens with zero attached hydrogens (tertiary/aromatic N) is 2. The van der Waals surface area contributed by atoms with Gasteiger partial charge in [0.25, 0.3) is 0 Å². The van der Waals surface area contributed by atoms with Gasteiger partial charge in [0.05, 0.1) is 16.9 Å². The van der Waals surface area contributed by atoms with Crippen LogP contribution in [-0.4, -0.2) is 21.0 Å². The number of rotatable bonds is 5. The highest BCUT2D eigenvalue weighted by Gasteiger charge is 2.09. The van der Waals surface area contributed by atoms with Crippen molar-refractivity contribution in [2.75, 3.05) is 0 Å². The Kier molecular flexibility index (Phi) is 4.85. The maximum Gasteiger partial charge on any atom is 0.160 e. The van der Waals surface area contributed by atoms with Crippen molar-refractivity contribution < 1.29 is 4.79 Å².